The minimum Gasteiger partial charge on any atom is -0.451 e. The van der Waals surface area contributed by atoms with Crippen LogP contribution in [0.3, 0.4) is 0 Å². The second kappa shape index (κ2) is 8.85. The molecule has 1 aromatic carbocycles. The third-order valence-electron chi connectivity index (χ3n) is 4.13. The molecule has 1 aromatic rings. The number of amides is 2. The lowest BCUT2D eigenvalue weighted by Gasteiger charge is -2.21. The Morgan fingerprint density at radius 3 is 2.84 bits per heavy atom. The predicted octanol–water partition coefficient (Wildman–Crippen LogP) is 2.92. The van der Waals surface area contributed by atoms with Gasteiger partial charge in [0.2, 0.25) is 5.91 Å². The Morgan fingerprint density at radius 1 is 1.32 bits per heavy atom. The van der Waals surface area contributed by atoms with Crippen LogP contribution < -0.4 is 5.32 Å². The van der Waals surface area contributed by atoms with Gasteiger partial charge in [-0.1, -0.05) is 24.1 Å². The summed E-state index contributed by atoms with van der Waals surface area (Å²) < 4.78 is 5.17. The number of likely N-dealkylation sites (tertiary alicyclic amines) is 1. The maximum Gasteiger partial charge on any atom is 0.326 e. The van der Waals surface area contributed by atoms with Crippen LogP contribution in [0.4, 0.5) is 5.69 Å². The van der Waals surface area contributed by atoms with Crippen molar-refractivity contribution in [3.8, 4) is 0 Å². The predicted molar refractivity (Wildman–Crippen MR) is 95.4 cm³/mol. The Morgan fingerprint density at radius 2 is 2.08 bits per heavy atom. The fourth-order valence-corrected chi connectivity index (χ4v) is 2.78. The lowest BCUT2D eigenvalue weighted by molar-refractivity contribution is -0.156. The van der Waals surface area contributed by atoms with E-state index in [1.54, 1.807) is 18.2 Å². The van der Waals surface area contributed by atoms with E-state index in [0.717, 1.165) is 24.8 Å². The summed E-state index contributed by atoms with van der Waals surface area (Å²) in [7, 11) is 0. The summed E-state index contributed by atoms with van der Waals surface area (Å²) in [5.74, 6) is -1.07. The molecule has 6 nitrogen and oxygen atoms in total. The lowest BCUT2D eigenvalue weighted by Crippen LogP contribution is -2.38. The summed E-state index contributed by atoms with van der Waals surface area (Å²) in [6, 6.07) is 5.16. The summed E-state index contributed by atoms with van der Waals surface area (Å²) in [6.45, 7) is 3.77. The van der Waals surface area contributed by atoms with Gasteiger partial charge in [0.25, 0.3) is 5.91 Å². The molecule has 0 radical (unpaired) electrons. The quantitative estimate of drug-likeness (QED) is 0.813. The van der Waals surface area contributed by atoms with Crippen molar-refractivity contribution in [2.75, 3.05) is 18.4 Å². The van der Waals surface area contributed by atoms with E-state index in [1.807, 2.05) is 6.92 Å². The Balaban J connectivity index is 1.88. The van der Waals surface area contributed by atoms with Gasteiger partial charge in [0, 0.05) is 23.7 Å². The van der Waals surface area contributed by atoms with E-state index < -0.39 is 18.0 Å². The molecule has 25 heavy (non-hydrogen) atoms. The molecule has 1 saturated heterocycles. The van der Waals surface area contributed by atoms with Crippen LogP contribution >= 0.6 is 11.6 Å². The molecule has 136 valence electrons. The van der Waals surface area contributed by atoms with Crippen LogP contribution in [0.15, 0.2) is 18.2 Å². The average molecular weight is 367 g/mol. The number of anilines is 1. The third-order valence-corrected chi connectivity index (χ3v) is 4.36. The molecule has 0 unspecified atom stereocenters. The van der Waals surface area contributed by atoms with Crippen molar-refractivity contribution < 1.29 is 19.1 Å². The van der Waals surface area contributed by atoms with E-state index in [1.165, 1.54) is 11.8 Å². The molecule has 0 aromatic heterocycles. The molecule has 1 aliphatic rings. The number of rotatable bonds is 5. The highest BCUT2D eigenvalue weighted by atomic mass is 35.5. The van der Waals surface area contributed by atoms with Crippen molar-refractivity contribution in [2.45, 2.75) is 45.6 Å². The van der Waals surface area contributed by atoms with Gasteiger partial charge >= 0.3 is 5.97 Å². The number of carbonyl (C=O) groups excluding carboxylic acids is 3. The van der Waals surface area contributed by atoms with Crippen LogP contribution in [0.1, 0.15) is 38.2 Å². The Hall–Kier alpha value is -2.08. The first-order valence-electron chi connectivity index (χ1n) is 8.41. The van der Waals surface area contributed by atoms with Gasteiger partial charge in [0.1, 0.15) is 6.54 Å². The van der Waals surface area contributed by atoms with Crippen molar-refractivity contribution in [1.29, 1.82) is 0 Å². The Kier molecular flexibility index (Phi) is 6.82. The van der Waals surface area contributed by atoms with Crippen molar-refractivity contribution in [1.82, 2.24) is 4.90 Å². The van der Waals surface area contributed by atoms with Crippen LogP contribution in [-0.4, -0.2) is 41.9 Å². The molecule has 1 atom stereocenters. The SMILES string of the molecule is Cc1ccc(Cl)cc1NC(=O)[C@@H](C)OC(=O)CN1CCCCCC1=O. The lowest BCUT2D eigenvalue weighted by atomic mass is 10.2. The molecular formula is C18H23ClN2O4. The number of hydrogen-bond acceptors (Lipinski definition) is 4. The van der Waals surface area contributed by atoms with E-state index in [9.17, 15) is 14.4 Å². The molecule has 0 spiro atoms. The molecule has 1 N–H and O–H groups in total. The van der Waals surface area contributed by atoms with Crippen molar-refractivity contribution in [3.63, 3.8) is 0 Å². The van der Waals surface area contributed by atoms with Crippen LogP contribution in [0.2, 0.25) is 5.02 Å². The summed E-state index contributed by atoms with van der Waals surface area (Å²) in [5, 5.41) is 3.20. The number of benzene rings is 1. The van der Waals surface area contributed by atoms with Gasteiger partial charge < -0.3 is 15.0 Å². The summed E-state index contributed by atoms with van der Waals surface area (Å²) in [5.41, 5.74) is 1.43. The van der Waals surface area contributed by atoms with Crippen LogP contribution in [0.25, 0.3) is 0 Å². The van der Waals surface area contributed by atoms with Crippen LogP contribution in [-0.2, 0) is 19.1 Å². The molecule has 2 rings (SSSR count). The van der Waals surface area contributed by atoms with Crippen LogP contribution in [0, 0.1) is 6.92 Å². The highest BCUT2D eigenvalue weighted by molar-refractivity contribution is 6.31. The van der Waals surface area contributed by atoms with Gasteiger partial charge in [-0.25, -0.2) is 0 Å². The standard InChI is InChI=1S/C18H23ClN2O4/c1-12-7-8-14(19)10-15(12)20-18(24)13(2)25-17(23)11-21-9-5-3-4-6-16(21)22/h7-8,10,13H,3-6,9,11H2,1-2H3,(H,20,24)/t13-/m1/s1. The first kappa shape index (κ1) is 19.2. The zero-order valence-corrected chi connectivity index (χ0v) is 15.3. The molecule has 0 saturated carbocycles. The second-order valence-electron chi connectivity index (χ2n) is 6.21. The smallest absolute Gasteiger partial charge is 0.326 e. The summed E-state index contributed by atoms with van der Waals surface area (Å²) in [4.78, 5) is 37.7. The second-order valence-corrected chi connectivity index (χ2v) is 6.64. The van der Waals surface area contributed by atoms with Crippen molar-refractivity contribution >= 4 is 35.1 Å². The van der Waals surface area contributed by atoms with E-state index >= 15 is 0 Å². The fourth-order valence-electron chi connectivity index (χ4n) is 2.61. The zero-order chi connectivity index (χ0) is 18.4. The molecule has 7 heteroatoms. The van der Waals surface area contributed by atoms with Gasteiger partial charge in [0.15, 0.2) is 6.10 Å². The number of nitrogens with zero attached hydrogens (tertiary/aromatic N) is 1. The Labute approximate surface area is 152 Å². The Bertz CT molecular complexity index is 662. The average Bonchev–Trinajstić information content (AvgIpc) is 2.75. The van der Waals surface area contributed by atoms with Gasteiger partial charge in [-0.2, -0.15) is 0 Å². The number of aryl methyl sites for hydroxylation is 1. The molecule has 0 bridgehead atoms. The zero-order valence-electron chi connectivity index (χ0n) is 14.5. The fraction of sp³-hybridized carbons (Fsp3) is 0.500. The minimum atomic E-state index is -0.965. The molecule has 1 aliphatic heterocycles. The van der Waals surface area contributed by atoms with Gasteiger partial charge in [0.05, 0.1) is 0 Å². The number of hydrogen-bond donors (Lipinski definition) is 1. The number of halogens is 1. The van der Waals surface area contributed by atoms with Crippen molar-refractivity contribution in [3.05, 3.63) is 28.8 Å². The maximum absolute atomic E-state index is 12.2. The highest BCUT2D eigenvalue weighted by Crippen LogP contribution is 2.20. The first-order chi connectivity index (χ1) is 11.9. The van der Waals surface area contributed by atoms with Gasteiger partial charge in [-0.05, 0) is 44.4 Å². The summed E-state index contributed by atoms with van der Waals surface area (Å²) in [6.07, 6.45) is 2.20. The highest BCUT2D eigenvalue weighted by Gasteiger charge is 2.23. The number of carbonyl (C=O) groups is 3. The molecule has 2 amide bonds. The van der Waals surface area contributed by atoms with E-state index in [2.05, 4.69) is 5.32 Å². The largest absolute Gasteiger partial charge is 0.451 e. The summed E-state index contributed by atoms with van der Waals surface area (Å²) >= 11 is 5.93. The first-order valence-corrected chi connectivity index (χ1v) is 8.79. The minimum absolute atomic E-state index is 0.0406. The van der Waals surface area contributed by atoms with Gasteiger partial charge in [-0.15, -0.1) is 0 Å². The van der Waals surface area contributed by atoms with Crippen molar-refractivity contribution in [2.24, 2.45) is 0 Å². The van der Waals surface area contributed by atoms with Gasteiger partial charge in [-0.3, -0.25) is 14.4 Å². The van der Waals surface area contributed by atoms with E-state index in [0.29, 0.717) is 23.7 Å². The molecule has 1 heterocycles. The topological polar surface area (TPSA) is 75.7 Å². The monoisotopic (exact) mass is 366 g/mol. The maximum atomic E-state index is 12.2. The molecule has 1 fully saturated rings. The number of nitrogens with one attached hydrogen (secondary N) is 1. The third kappa shape index (κ3) is 5.74. The van der Waals surface area contributed by atoms with E-state index in [-0.39, 0.29) is 12.5 Å². The van der Waals surface area contributed by atoms with Crippen LogP contribution in [0.5, 0.6) is 0 Å². The number of esters is 1. The molecular weight excluding hydrogens is 344 g/mol. The number of ether oxygens (including phenoxy) is 1. The van der Waals surface area contributed by atoms with E-state index in [4.69, 9.17) is 16.3 Å². The molecule has 0 aliphatic carbocycles. The normalized spacial score (nSPS) is 16.1.